The van der Waals surface area contributed by atoms with Crippen molar-refractivity contribution in [2.24, 2.45) is 0 Å². The Balaban J connectivity index is 1.69. The minimum Gasteiger partial charge on any atom is -0.376 e. The van der Waals surface area contributed by atoms with E-state index >= 15 is 0 Å². The molecule has 0 aliphatic heterocycles. The van der Waals surface area contributed by atoms with Crippen molar-refractivity contribution in [1.82, 2.24) is 15.5 Å². The van der Waals surface area contributed by atoms with E-state index in [0.717, 1.165) is 0 Å². The lowest BCUT2D eigenvalue weighted by molar-refractivity contribution is 0.0658. The summed E-state index contributed by atoms with van der Waals surface area (Å²) in [5.41, 5.74) is 0.315. The maximum Gasteiger partial charge on any atom is 0.271 e. The highest BCUT2D eigenvalue weighted by atomic mass is 16.5. The molecule has 1 aliphatic rings. The molecule has 1 amide bonds. The smallest absolute Gasteiger partial charge is 0.271 e. The summed E-state index contributed by atoms with van der Waals surface area (Å²) in [7, 11) is 1.57. The summed E-state index contributed by atoms with van der Waals surface area (Å²) in [4.78, 5) is 11.3. The van der Waals surface area contributed by atoms with Crippen molar-refractivity contribution in [3.63, 3.8) is 0 Å². The summed E-state index contributed by atoms with van der Waals surface area (Å²) in [5.74, 6) is 0.422. The molecule has 1 aromatic rings. The van der Waals surface area contributed by atoms with Gasteiger partial charge in [-0.25, -0.2) is 0 Å². The van der Waals surface area contributed by atoms with Gasteiger partial charge in [-0.1, -0.05) is 12.8 Å². The number of nitrogens with zero attached hydrogens (tertiary/aromatic N) is 2. The van der Waals surface area contributed by atoms with E-state index in [9.17, 15) is 4.79 Å². The van der Waals surface area contributed by atoms with Crippen molar-refractivity contribution in [2.45, 2.75) is 31.8 Å². The molecule has 19 heavy (non-hydrogen) atoms. The van der Waals surface area contributed by atoms with Crippen molar-refractivity contribution in [2.75, 3.05) is 25.5 Å². The first-order valence-electron chi connectivity index (χ1n) is 6.71. The lowest BCUT2D eigenvalue weighted by Crippen LogP contribution is -2.20. The van der Waals surface area contributed by atoms with Crippen LogP contribution in [0.5, 0.6) is 0 Å². The van der Waals surface area contributed by atoms with E-state index in [1.165, 1.54) is 25.7 Å². The van der Waals surface area contributed by atoms with E-state index in [-0.39, 0.29) is 5.91 Å². The van der Waals surface area contributed by atoms with Crippen LogP contribution in [-0.2, 0) is 4.74 Å². The fourth-order valence-corrected chi connectivity index (χ4v) is 2.14. The first-order chi connectivity index (χ1) is 9.29. The second-order valence-corrected chi connectivity index (χ2v) is 4.59. The van der Waals surface area contributed by atoms with Gasteiger partial charge in [-0.15, -0.1) is 10.2 Å². The molecule has 1 aliphatic carbocycles. The summed E-state index contributed by atoms with van der Waals surface area (Å²) in [6.07, 6.45) is 5.36. The predicted molar refractivity (Wildman–Crippen MR) is 72.1 cm³/mol. The number of carbonyl (C=O) groups is 1. The number of aromatic nitrogens is 2. The van der Waals surface area contributed by atoms with Crippen LogP contribution in [-0.4, -0.2) is 42.4 Å². The Kier molecular flexibility index (Phi) is 5.09. The predicted octanol–water partition coefficient (Wildman–Crippen LogP) is 1.21. The van der Waals surface area contributed by atoms with Crippen LogP contribution in [0, 0.1) is 0 Å². The van der Waals surface area contributed by atoms with Gasteiger partial charge in [0.05, 0.1) is 12.7 Å². The average molecular weight is 264 g/mol. The number of amides is 1. The molecule has 1 heterocycles. The van der Waals surface area contributed by atoms with Crippen LogP contribution in [0.3, 0.4) is 0 Å². The zero-order chi connectivity index (χ0) is 13.5. The van der Waals surface area contributed by atoms with Gasteiger partial charge in [0, 0.05) is 13.6 Å². The number of anilines is 1. The molecular weight excluding hydrogens is 244 g/mol. The van der Waals surface area contributed by atoms with E-state index in [2.05, 4.69) is 20.8 Å². The molecular formula is C13H20N4O2. The number of hydrogen-bond acceptors (Lipinski definition) is 5. The zero-order valence-corrected chi connectivity index (χ0v) is 11.2. The van der Waals surface area contributed by atoms with Gasteiger partial charge in [0.1, 0.15) is 5.82 Å². The lowest BCUT2D eigenvalue weighted by atomic mass is 10.3. The Morgan fingerprint density at radius 3 is 2.79 bits per heavy atom. The SMILES string of the molecule is CNC(=O)c1ccc(NCCOC2CCCC2)nn1. The molecule has 1 aromatic heterocycles. The molecule has 0 saturated heterocycles. The fraction of sp³-hybridized carbons (Fsp3) is 0.615. The Labute approximate surface area is 112 Å². The quantitative estimate of drug-likeness (QED) is 0.755. The number of rotatable bonds is 6. The molecule has 0 atom stereocenters. The van der Waals surface area contributed by atoms with E-state index in [1.807, 2.05) is 0 Å². The van der Waals surface area contributed by atoms with Gasteiger partial charge < -0.3 is 15.4 Å². The van der Waals surface area contributed by atoms with Gasteiger partial charge in [0.2, 0.25) is 0 Å². The van der Waals surface area contributed by atoms with Gasteiger partial charge >= 0.3 is 0 Å². The maximum atomic E-state index is 11.3. The van der Waals surface area contributed by atoms with Crippen molar-refractivity contribution >= 4 is 11.7 Å². The highest BCUT2D eigenvalue weighted by Gasteiger charge is 2.14. The molecule has 1 saturated carbocycles. The van der Waals surface area contributed by atoms with E-state index in [1.54, 1.807) is 19.2 Å². The maximum absolute atomic E-state index is 11.3. The third kappa shape index (κ3) is 4.17. The molecule has 1 fully saturated rings. The van der Waals surface area contributed by atoms with Crippen molar-refractivity contribution in [1.29, 1.82) is 0 Å². The summed E-state index contributed by atoms with van der Waals surface area (Å²) in [6, 6.07) is 3.39. The molecule has 2 N–H and O–H groups in total. The van der Waals surface area contributed by atoms with Crippen molar-refractivity contribution in [3.8, 4) is 0 Å². The minimum absolute atomic E-state index is 0.233. The van der Waals surface area contributed by atoms with E-state index < -0.39 is 0 Å². The Bertz CT molecular complexity index is 402. The second kappa shape index (κ2) is 7.04. The Morgan fingerprint density at radius 1 is 1.37 bits per heavy atom. The second-order valence-electron chi connectivity index (χ2n) is 4.59. The Morgan fingerprint density at radius 2 is 2.16 bits per heavy atom. The molecule has 104 valence electrons. The molecule has 0 radical (unpaired) electrons. The molecule has 6 nitrogen and oxygen atoms in total. The molecule has 2 rings (SSSR count). The third-order valence-corrected chi connectivity index (χ3v) is 3.19. The minimum atomic E-state index is -0.233. The number of carbonyl (C=O) groups excluding carboxylic acids is 1. The van der Waals surface area contributed by atoms with Crippen LogP contribution in [0.2, 0.25) is 0 Å². The normalized spacial score (nSPS) is 15.4. The molecule has 0 aromatic carbocycles. The molecule has 6 heteroatoms. The largest absolute Gasteiger partial charge is 0.376 e. The van der Waals surface area contributed by atoms with Crippen molar-refractivity contribution < 1.29 is 9.53 Å². The lowest BCUT2D eigenvalue weighted by Gasteiger charge is -2.11. The van der Waals surface area contributed by atoms with Gasteiger partial charge in [-0.05, 0) is 25.0 Å². The van der Waals surface area contributed by atoms with Gasteiger partial charge in [-0.2, -0.15) is 0 Å². The molecule has 0 spiro atoms. The number of nitrogens with one attached hydrogen (secondary N) is 2. The van der Waals surface area contributed by atoms with Gasteiger partial charge in [0.15, 0.2) is 5.69 Å². The van der Waals surface area contributed by atoms with E-state index in [4.69, 9.17) is 4.74 Å². The van der Waals surface area contributed by atoms with Crippen LogP contribution in [0.15, 0.2) is 12.1 Å². The standard InChI is InChI=1S/C13H20N4O2/c1-14-13(18)11-6-7-12(17-16-11)15-8-9-19-10-4-2-3-5-10/h6-7,10H,2-5,8-9H2,1H3,(H,14,18)(H,15,17). The highest BCUT2D eigenvalue weighted by molar-refractivity contribution is 5.91. The van der Waals surface area contributed by atoms with Crippen LogP contribution in [0.4, 0.5) is 5.82 Å². The van der Waals surface area contributed by atoms with Crippen LogP contribution < -0.4 is 10.6 Å². The Hall–Kier alpha value is -1.69. The van der Waals surface area contributed by atoms with Crippen LogP contribution in [0.25, 0.3) is 0 Å². The summed E-state index contributed by atoms with van der Waals surface area (Å²) >= 11 is 0. The summed E-state index contributed by atoms with van der Waals surface area (Å²) in [6.45, 7) is 1.37. The summed E-state index contributed by atoms with van der Waals surface area (Å²) in [5, 5.41) is 13.4. The zero-order valence-electron chi connectivity index (χ0n) is 11.2. The van der Waals surface area contributed by atoms with Crippen molar-refractivity contribution in [3.05, 3.63) is 17.8 Å². The van der Waals surface area contributed by atoms with Gasteiger partial charge in [-0.3, -0.25) is 4.79 Å². The van der Waals surface area contributed by atoms with Crippen LogP contribution in [0.1, 0.15) is 36.2 Å². The summed E-state index contributed by atoms with van der Waals surface area (Å²) < 4.78 is 5.73. The van der Waals surface area contributed by atoms with Gasteiger partial charge in [0.25, 0.3) is 5.91 Å². The third-order valence-electron chi connectivity index (χ3n) is 3.19. The molecule has 0 unspecified atom stereocenters. The first-order valence-corrected chi connectivity index (χ1v) is 6.71. The number of hydrogen-bond donors (Lipinski definition) is 2. The highest BCUT2D eigenvalue weighted by Crippen LogP contribution is 2.20. The molecule has 0 bridgehead atoms. The fourth-order valence-electron chi connectivity index (χ4n) is 2.14. The average Bonchev–Trinajstić information content (AvgIpc) is 2.96. The number of ether oxygens (including phenoxy) is 1. The first kappa shape index (κ1) is 13.7. The monoisotopic (exact) mass is 264 g/mol. The topological polar surface area (TPSA) is 76.1 Å². The van der Waals surface area contributed by atoms with E-state index in [0.29, 0.717) is 30.8 Å². The van der Waals surface area contributed by atoms with Crippen LogP contribution >= 0.6 is 0 Å².